The number of hydrogen-bond donors (Lipinski definition) is 0. The third-order valence-electron chi connectivity index (χ3n) is 4.13. The van der Waals surface area contributed by atoms with Crippen molar-refractivity contribution in [1.82, 2.24) is 0 Å². The van der Waals surface area contributed by atoms with Gasteiger partial charge >= 0.3 is 5.97 Å². The monoisotopic (exact) mass is 450 g/mol. The van der Waals surface area contributed by atoms with Crippen LogP contribution in [-0.2, 0) is 21.8 Å². The summed E-state index contributed by atoms with van der Waals surface area (Å²) in [5.41, 5.74) is 0.531. The van der Waals surface area contributed by atoms with Crippen molar-refractivity contribution in [3.05, 3.63) is 90.5 Å². The molecule has 3 rings (SSSR count). The van der Waals surface area contributed by atoms with Crippen molar-refractivity contribution >= 4 is 5.97 Å². The van der Waals surface area contributed by atoms with Gasteiger partial charge in [0.05, 0.1) is 19.3 Å². The molecule has 0 amide bonds. The molecule has 0 spiro atoms. The first kappa shape index (κ1) is 27.7. The molecular weight excluding hydrogens is 416 g/mol. The number of unbranched alkanes of at least 4 members (excludes halogenated alkanes) is 5. The Labute approximate surface area is 192 Å². The van der Waals surface area contributed by atoms with Crippen LogP contribution in [-0.4, -0.2) is 19.7 Å². The van der Waals surface area contributed by atoms with E-state index in [1.165, 1.54) is 39.2 Å². The molecule has 0 aromatic heterocycles. The zero-order valence-electron chi connectivity index (χ0n) is 18.1. The number of carbonyl (C=O) groups excluding carboxylic acids is 1. The van der Waals surface area contributed by atoms with Crippen molar-refractivity contribution in [1.29, 1.82) is 0 Å². The number of rotatable bonds is 9. The molecule has 0 aliphatic rings. The van der Waals surface area contributed by atoms with Gasteiger partial charge in [-0.3, -0.25) is 0 Å². The molecule has 0 fully saturated rings. The molecule has 30 heavy (non-hydrogen) atoms. The topological polar surface area (TPSA) is 35.5 Å². The number of carbonyl (C=O) groups is 1. The number of ether oxygens (including phenoxy) is 2. The summed E-state index contributed by atoms with van der Waals surface area (Å²) in [6, 6.07) is 27.1. The van der Waals surface area contributed by atoms with E-state index >= 15 is 0 Å². The van der Waals surface area contributed by atoms with E-state index in [1.54, 1.807) is 12.1 Å². The second-order valence-electron chi connectivity index (χ2n) is 6.56. The Kier molecular flexibility index (Phi) is 18.5. The fourth-order valence-corrected chi connectivity index (χ4v) is 2.54. The van der Waals surface area contributed by atoms with Crippen LogP contribution in [0.1, 0.15) is 55.8 Å². The summed E-state index contributed by atoms with van der Waals surface area (Å²) >= 11 is 0. The third kappa shape index (κ3) is 14.7. The summed E-state index contributed by atoms with van der Waals surface area (Å²) in [4.78, 5) is 11.4. The smallest absolute Gasteiger partial charge is 0.337 e. The van der Waals surface area contributed by atoms with E-state index in [0.717, 1.165) is 12.2 Å². The second kappa shape index (κ2) is 20.0. The van der Waals surface area contributed by atoms with Crippen LogP contribution in [0.25, 0.3) is 0 Å². The molecule has 0 saturated carbocycles. The predicted molar refractivity (Wildman–Crippen MR) is 121 cm³/mol. The Balaban J connectivity index is 0.000000617. The average molecular weight is 450 g/mol. The molecule has 0 aliphatic heterocycles. The van der Waals surface area contributed by atoms with Crippen molar-refractivity contribution in [2.45, 2.75) is 45.4 Å². The summed E-state index contributed by atoms with van der Waals surface area (Å²) in [5.74, 6) is 0.404. The van der Waals surface area contributed by atoms with Crippen molar-refractivity contribution in [3.63, 3.8) is 0 Å². The van der Waals surface area contributed by atoms with E-state index in [9.17, 15) is 4.79 Å². The third-order valence-corrected chi connectivity index (χ3v) is 4.13. The zero-order valence-corrected chi connectivity index (χ0v) is 19.2. The molecule has 0 bridgehead atoms. The molecule has 3 aromatic carbocycles. The van der Waals surface area contributed by atoms with Gasteiger partial charge < -0.3 is 39.8 Å². The number of benzene rings is 1. The minimum atomic E-state index is -0.329. The number of methoxy groups -OCH3 is 1. The Hall–Kier alpha value is -2.29. The van der Waals surface area contributed by atoms with Gasteiger partial charge in [0, 0.05) is 17.1 Å². The number of esters is 1. The van der Waals surface area contributed by atoms with E-state index < -0.39 is 0 Å². The van der Waals surface area contributed by atoms with E-state index in [2.05, 4.69) is 11.7 Å². The average Bonchev–Trinajstić information content (AvgIpc) is 3.52. The van der Waals surface area contributed by atoms with Crippen LogP contribution >= 0.6 is 0 Å². The number of hydrogen-bond acceptors (Lipinski definition) is 3. The van der Waals surface area contributed by atoms with E-state index in [4.69, 9.17) is 4.74 Å². The first-order valence-electron chi connectivity index (χ1n) is 10.4. The van der Waals surface area contributed by atoms with Gasteiger partial charge in [0.15, 0.2) is 0 Å². The van der Waals surface area contributed by atoms with Crippen molar-refractivity contribution in [3.8, 4) is 5.75 Å². The van der Waals surface area contributed by atoms with Gasteiger partial charge in [0.2, 0.25) is 0 Å². The molecular formula is C26H34FeO3-6. The summed E-state index contributed by atoms with van der Waals surface area (Å²) in [6.07, 6.45) is 7.45. The summed E-state index contributed by atoms with van der Waals surface area (Å²) in [5, 5.41) is 0. The van der Waals surface area contributed by atoms with Crippen LogP contribution in [0.5, 0.6) is 5.75 Å². The molecule has 4 heteroatoms. The predicted octanol–water partition coefficient (Wildman–Crippen LogP) is 7.02. The Morgan fingerprint density at radius 2 is 1.47 bits per heavy atom. The molecule has 170 valence electrons. The molecule has 0 N–H and O–H groups in total. The molecule has 0 aliphatic carbocycles. The van der Waals surface area contributed by atoms with Crippen LogP contribution in [0.4, 0.5) is 0 Å². The molecule has 0 radical (unpaired) electrons. The van der Waals surface area contributed by atoms with E-state index in [1.807, 2.05) is 72.8 Å². The quantitative estimate of drug-likeness (QED) is 0.152. The van der Waals surface area contributed by atoms with Gasteiger partial charge in [-0.15, -0.1) is 0 Å². The SMILES string of the molecule is CCCCCCCCOc1cccc(C(=O)OC)c1.[Fe].[cH-]1[cH-][cH-][cH-][cH-]1.c1cc[cH-]c1. The molecule has 3 nitrogen and oxygen atoms in total. The van der Waals surface area contributed by atoms with Crippen LogP contribution in [0.3, 0.4) is 0 Å². The molecule has 3 aromatic rings. The Morgan fingerprint density at radius 3 is 2.00 bits per heavy atom. The maximum Gasteiger partial charge on any atom is 0.337 e. The van der Waals surface area contributed by atoms with Crippen LogP contribution in [0.2, 0.25) is 0 Å². The van der Waals surface area contributed by atoms with Crippen LogP contribution < -0.4 is 4.74 Å². The first-order chi connectivity index (χ1) is 14.3. The zero-order chi connectivity index (χ0) is 21.0. The van der Waals surface area contributed by atoms with Crippen molar-refractivity contribution in [2.24, 2.45) is 0 Å². The maximum absolute atomic E-state index is 11.4. The van der Waals surface area contributed by atoms with Crippen molar-refractivity contribution < 1.29 is 31.3 Å². The normalized spacial score (nSPS) is 9.13. The first-order valence-corrected chi connectivity index (χ1v) is 10.4. The summed E-state index contributed by atoms with van der Waals surface area (Å²) in [7, 11) is 1.38. The van der Waals surface area contributed by atoms with E-state index in [-0.39, 0.29) is 23.0 Å². The fraction of sp³-hybridized carbons (Fsp3) is 0.346. The molecule has 0 unspecified atom stereocenters. The van der Waals surface area contributed by atoms with Crippen molar-refractivity contribution in [2.75, 3.05) is 13.7 Å². The molecule has 0 saturated heterocycles. The summed E-state index contributed by atoms with van der Waals surface area (Å²) < 4.78 is 10.3. The molecule has 0 atom stereocenters. The maximum atomic E-state index is 11.4. The van der Waals surface area contributed by atoms with Gasteiger partial charge in [-0.1, -0.05) is 45.1 Å². The van der Waals surface area contributed by atoms with Crippen LogP contribution in [0.15, 0.2) is 84.9 Å². The minimum absolute atomic E-state index is 0. The van der Waals surface area contributed by atoms with Gasteiger partial charge in [-0.2, -0.15) is 18.2 Å². The van der Waals surface area contributed by atoms with Crippen LogP contribution in [0, 0.1) is 0 Å². The van der Waals surface area contributed by atoms with Gasteiger partial charge in [0.25, 0.3) is 0 Å². The second-order valence-corrected chi connectivity index (χ2v) is 6.56. The Morgan fingerprint density at radius 1 is 0.867 bits per heavy atom. The van der Waals surface area contributed by atoms with Gasteiger partial charge in [-0.05, 0) is 24.6 Å². The fourth-order valence-electron chi connectivity index (χ4n) is 2.54. The van der Waals surface area contributed by atoms with Gasteiger partial charge in [0.1, 0.15) is 5.75 Å². The largest absolute Gasteiger partial charge is 0.748 e. The van der Waals surface area contributed by atoms with E-state index in [0.29, 0.717) is 12.2 Å². The Bertz CT molecular complexity index is 645. The minimum Gasteiger partial charge on any atom is -0.748 e. The molecule has 0 heterocycles. The summed E-state index contributed by atoms with van der Waals surface area (Å²) in [6.45, 7) is 2.92. The van der Waals surface area contributed by atoms with Gasteiger partial charge in [-0.25, -0.2) is 16.9 Å². The standard InChI is InChI=1S/C16H24O3.2C5H5.Fe/c1-3-4-5-6-7-8-12-19-15-11-9-10-14(13-15)16(17)18-2;2*1-2-4-5-3-1;/h9-11,13H,3-8,12H2,1-2H3;2*1-5H;/q;-5;-1;.